The summed E-state index contributed by atoms with van der Waals surface area (Å²) in [7, 11) is 2.07. The number of likely N-dealkylation sites (N-methyl/N-ethyl adjacent to an activating group) is 1. The van der Waals surface area contributed by atoms with E-state index in [1.54, 1.807) is 0 Å². The molecule has 1 heterocycles. The number of para-hydroxylation sites is 1. The summed E-state index contributed by atoms with van der Waals surface area (Å²) in [5.41, 5.74) is 4.70. The minimum Gasteiger partial charge on any atom is -0.326 e. The topological polar surface area (TPSA) is 45.2 Å². The minimum atomic E-state index is 0.0840. The lowest BCUT2D eigenvalue weighted by atomic mass is 9.92. The van der Waals surface area contributed by atoms with Crippen molar-refractivity contribution in [2.75, 3.05) is 25.5 Å². The predicted molar refractivity (Wildman–Crippen MR) is 113 cm³/mol. The first-order chi connectivity index (χ1) is 12.9. The number of carbonyl (C=O) groups is 1. The molecule has 27 heavy (non-hydrogen) atoms. The van der Waals surface area contributed by atoms with Crippen molar-refractivity contribution in [3.05, 3.63) is 59.4 Å². The van der Waals surface area contributed by atoms with Crippen LogP contribution >= 0.6 is 0 Å². The van der Waals surface area contributed by atoms with Crippen LogP contribution < -0.4 is 5.32 Å². The zero-order chi connectivity index (χ0) is 19.8. The van der Waals surface area contributed by atoms with Crippen LogP contribution in [0.2, 0.25) is 0 Å². The summed E-state index contributed by atoms with van der Waals surface area (Å²) in [5.74, 6) is 0.838. The fourth-order valence-corrected chi connectivity index (χ4v) is 3.17. The molecule has 2 rings (SSSR count). The predicted octanol–water partition coefficient (Wildman–Crippen LogP) is 4.83. The van der Waals surface area contributed by atoms with Gasteiger partial charge in [0, 0.05) is 37.6 Å². The van der Waals surface area contributed by atoms with Crippen molar-refractivity contribution in [1.82, 2.24) is 9.88 Å². The molecule has 4 nitrogen and oxygen atoms in total. The van der Waals surface area contributed by atoms with E-state index in [9.17, 15) is 4.79 Å². The zero-order valence-corrected chi connectivity index (χ0v) is 17.3. The molecule has 0 saturated heterocycles. The number of anilines is 1. The van der Waals surface area contributed by atoms with Gasteiger partial charge in [-0.3, -0.25) is 9.78 Å². The van der Waals surface area contributed by atoms with Crippen molar-refractivity contribution < 1.29 is 4.79 Å². The maximum Gasteiger partial charge on any atom is 0.225 e. The second kappa shape index (κ2) is 10.2. The van der Waals surface area contributed by atoms with Crippen molar-refractivity contribution in [1.29, 1.82) is 0 Å². The van der Waals surface area contributed by atoms with E-state index in [0.717, 1.165) is 25.2 Å². The van der Waals surface area contributed by atoms with E-state index in [2.05, 4.69) is 68.1 Å². The summed E-state index contributed by atoms with van der Waals surface area (Å²) in [5, 5.41) is 3.20. The van der Waals surface area contributed by atoms with Crippen molar-refractivity contribution in [2.45, 2.75) is 52.4 Å². The zero-order valence-electron chi connectivity index (χ0n) is 17.3. The molecule has 0 unspecified atom stereocenters. The molecule has 0 spiro atoms. The maximum atomic E-state index is 12.6. The number of amides is 1. The average Bonchev–Trinajstić information content (AvgIpc) is 2.65. The Morgan fingerprint density at radius 1 is 1.00 bits per heavy atom. The number of nitrogens with zero attached hydrogens (tertiary/aromatic N) is 2. The molecule has 0 radical (unpaired) electrons. The molecule has 146 valence electrons. The van der Waals surface area contributed by atoms with Crippen LogP contribution in [0, 0.1) is 0 Å². The summed E-state index contributed by atoms with van der Waals surface area (Å²) >= 11 is 0. The van der Waals surface area contributed by atoms with Gasteiger partial charge in [0.2, 0.25) is 5.91 Å². The second-order valence-electron chi connectivity index (χ2n) is 7.83. The smallest absolute Gasteiger partial charge is 0.225 e. The Labute approximate surface area is 164 Å². The number of rotatable bonds is 9. The van der Waals surface area contributed by atoms with E-state index in [0.29, 0.717) is 18.3 Å². The van der Waals surface area contributed by atoms with Crippen LogP contribution in [0.5, 0.6) is 0 Å². The fraction of sp³-hybridized carbons (Fsp3) is 0.478. The highest BCUT2D eigenvalue weighted by atomic mass is 16.1. The molecule has 1 aromatic carbocycles. The third-order valence-electron chi connectivity index (χ3n) is 4.89. The van der Waals surface area contributed by atoms with Crippen molar-refractivity contribution in [2.24, 2.45) is 0 Å². The molecule has 4 heteroatoms. The average molecular weight is 368 g/mol. The van der Waals surface area contributed by atoms with Gasteiger partial charge in [-0.2, -0.15) is 0 Å². The Hall–Kier alpha value is -2.20. The van der Waals surface area contributed by atoms with Gasteiger partial charge < -0.3 is 10.2 Å². The number of hydrogen-bond donors (Lipinski definition) is 1. The highest BCUT2D eigenvalue weighted by Gasteiger charge is 2.16. The lowest BCUT2D eigenvalue weighted by molar-refractivity contribution is -0.116. The van der Waals surface area contributed by atoms with Crippen LogP contribution in [-0.2, 0) is 11.2 Å². The van der Waals surface area contributed by atoms with Crippen LogP contribution in [-0.4, -0.2) is 35.9 Å². The lowest BCUT2D eigenvalue weighted by Gasteiger charge is -2.21. The first kappa shape index (κ1) is 21.1. The number of pyridine rings is 1. The summed E-state index contributed by atoms with van der Waals surface area (Å²) < 4.78 is 0. The molecule has 0 bridgehead atoms. The van der Waals surface area contributed by atoms with Crippen molar-refractivity contribution in [3.8, 4) is 0 Å². The van der Waals surface area contributed by atoms with E-state index in [1.807, 2.05) is 24.5 Å². The largest absolute Gasteiger partial charge is 0.326 e. The molecule has 0 saturated carbocycles. The van der Waals surface area contributed by atoms with Gasteiger partial charge in [-0.15, -0.1) is 0 Å². The molecular weight excluding hydrogens is 334 g/mol. The van der Waals surface area contributed by atoms with Gasteiger partial charge in [0.15, 0.2) is 0 Å². The van der Waals surface area contributed by atoms with Crippen molar-refractivity contribution >= 4 is 11.6 Å². The van der Waals surface area contributed by atoms with Crippen molar-refractivity contribution in [3.63, 3.8) is 0 Å². The second-order valence-corrected chi connectivity index (χ2v) is 7.83. The van der Waals surface area contributed by atoms with Crippen LogP contribution in [0.4, 0.5) is 5.69 Å². The van der Waals surface area contributed by atoms with E-state index < -0.39 is 0 Å². The highest BCUT2D eigenvalue weighted by Crippen LogP contribution is 2.32. The van der Waals surface area contributed by atoms with E-state index in [4.69, 9.17) is 0 Å². The molecule has 1 amide bonds. The molecule has 0 fully saturated rings. The molecule has 1 N–H and O–H groups in total. The van der Waals surface area contributed by atoms with Crippen LogP contribution in [0.1, 0.15) is 62.6 Å². The van der Waals surface area contributed by atoms with Gasteiger partial charge in [-0.25, -0.2) is 0 Å². The van der Waals surface area contributed by atoms with Crippen LogP contribution in [0.25, 0.3) is 0 Å². The number of benzene rings is 1. The first-order valence-corrected chi connectivity index (χ1v) is 9.88. The Bertz CT molecular complexity index is 699. The monoisotopic (exact) mass is 367 g/mol. The summed E-state index contributed by atoms with van der Waals surface area (Å²) in [6.07, 6.45) is 5.10. The minimum absolute atomic E-state index is 0.0840. The van der Waals surface area contributed by atoms with Gasteiger partial charge >= 0.3 is 0 Å². The van der Waals surface area contributed by atoms with Gasteiger partial charge in [0.25, 0.3) is 0 Å². The van der Waals surface area contributed by atoms with Crippen LogP contribution in [0.3, 0.4) is 0 Å². The number of carbonyl (C=O) groups excluding carboxylic acids is 1. The van der Waals surface area contributed by atoms with Crippen LogP contribution in [0.15, 0.2) is 42.7 Å². The standard InChI is InChI=1S/C23H33N3O/c1-17(2)20-7-6-8-21(18(3)4)23(20)25-22(27)12-16-26(5)15-11-19-9-13-24-14-10-19/h6-10,13-14,17-18H,11-12,15-16H2,1-5H3,(H,25,27). The highest BCUT2D eigenvalue weighted by molar-refractivity contribution is 5.92. The Morgan fingerprint density at radius 2 is 1.59 bits per heavy atom. The lowest BCUT2D eigenvalue weighted by Crippen LogP contribution is -2.26. The quantitative estimate of drug-likeness (QED) is 0.690. The fourth-order valence-electron chi connectivity index (χ4n) is 3.17. The summed E-state index contributed by atoms with van der Waals surface area (Å²) in [4.78, 5) is 18.8. The normalized spacial score (nSPS) is 11.4. The molecule has 0 aliphatic carbocycles. The van der Waals surface area contributed by atoms with Gasteiger partial charge in [-0.05, 0) is 54.1 Å². The van der Waals surface area contributed by atoms with Gasteiger partial charge in [0.05, 0.1) is 0 Å². The third-order valence-corrected chi connectivity index (χ3v) is 4.89. The molecular formula is C23H33N3O. The van der Waals surface area contributed by atoms with E-state index in [1.165, 1.54) is 16.7 Å². The number of aromatic nitrogens is 1. The summed E-state index contributed by atoms with van der Waals surface area (Å²) in [6, 6.07) is 10.4. The first-order valence-electron chi connectivity index (χ1n) is 9.88. The molecule has 0 aliphatic heterocycles. The number of hydrogen-bond acceptors (Lipinski definition) is 3. The van der Waals surface area contributed by atoms with Gasteiger partial charge in [0.1, 0.15) is 0 Å². The molecule has 2 aromatic rings. The Balaban J connectivity index is 1.91. The Kier molecular flexibility index (Phi) is 7.99. The molecule has 0 atom stereocenters. The number of nitrogens with one attached hydrogen (secondary N) is 1. The summed E-state index contributed by atoms with van der Waals surface area (Å²) in [6.45, 7) is 10.3. The SMILES string of the molecule is CC(C)c1cccc(C(C)C)c1NC(=O)CCN(C)CCc1ccncc1. The molecule has 1 aromatic heterocycles. The van der Waals surface area contributed by atoms with E-state index >= 15 is 0 Å². The maximum absolute atomic E-state index is 12.6. The van der Waals surface area contributed by atoms with Gasteiger partial charge in [-0.1, -0.05) is 45.9 Å². The third kappa shape index (κ3) is 6.47. The Morgan fingerprint density at radius 3 is 2.15 bits per heavy atom. The molecule has 0 aliphatic rings. The van der Waals surface area contributed by atoms with E-state index in [-0.39, 0.29) is 5.91 Å².